The number of aromatic carboxylic acids is 1. The van der Waals surface area contributed by atoms with Gasteiger partial charge < -0.3 is 10.1 Å². The maximum absolute atomic E-state index is 12.1. The maximum Gasteiger partial charge on any atom is 0.352 e. The number of carboxylic acid groups (broad SMARTS) is 1. The number of carboxylic acids is 1. The number of hydrogen-bond donors (Lipinski definition) is 3. The fourth-order valence-corrected chi connectivity index (χ4v) is 3.79. The van der Waals surface area contributed by atoms with Crippen LogP contribution in [0, 0.1) is 13.8 Å². The van der Waals surface area contributed by atoms with Crippen LogP contribution in [0.1, 0.15) is 28.2 Å². The molecular formula is C11H18N2O4S2. The van der Waals surface area contributed by atoms with Gasteiger partial charge in [-0.1, -0.05) is 0 Å². The van der Waals surface area contributed by atoms with Crippen LogP contribution in [0.3, 0.4) is 0 Å². The molecule has 0 bridgehead atoms. The molecule has 1 aromatic heterocycles. The Morgan fingerprint density at radius 2 is 2.05 bits per heavy atom. The van der Waals surface area contributed by atoms with E-state index in [-0.39, 0.29) is 16.2 Å². The van der Waals surface area contributed by atoms with E-state index in [4.69, 9.17) is 5.11 Å². The van der Waals surface area contributed by atoms with E-state index in [0.29, 0.717) is 12.2 Å². The summed E-state index contributed by atoms with van der Waals surface area (Å²) in [4.78, 5) is 13.6. The van der Waals surface area contributed by atoms with Crippen molar-refractivity contribution in [2.75, 3.05) is 18.6 Å². The van der Waals surface area contributed by atoms with Crippen molar-refractivity contribution in [1.82, 2.24) is 9.71 Å². The molecule has 0 spiro atoms. The number of aryl methyl sites for hydroxylation is 1. The summed E-state index contributed by atoms with van der Waals surface area (Å²) in [6.45, 7) is 3.38. The quantitative estimate of drug-likeness (QED) is 0.661. The molecule has 8 heteroatoms. The second kappa shape index (κ2) is 6.44. The van der Waals surface area contributed by atoms with Gasteiger partial charge in [-0.25, -0.2) is 17.9 Å². The molecule has 0 saturated carbocycles. The molecule has 6 nitrogen and oxygen atoms in total. The fourth-order valence-electron chi connectivity index (χ4n) is 1.84. The van der Waals surface area contributed by atoms with Crippen LogP contribution in [-0.4, -0.2) is 43.0 Å². The molecule has 0 fully saturated rings. The van der Waals surface area contributed by atoms with Gasteiger partial charge in [-0.3, -0.25) is 0 Å². The molecular weight excluding hydrogens is 288 g/mol. The number of sulfonamides is 1. The first kappa shape index (κ1) is 16.1. The van der Waals surface area contributed by atoms with Gasteiger partial charge in [0.25, 0.3) is 0 Å². The van der Waals surface area contributed by atoms with Crippen molar-refractivity contribution in [3.63, 3.8) is 0 Å². The Labute approximate surface area is 117 Å². The zero-order chi connectivity index (χ0) is 14.6. The van der Waals surface area contributed by atoms with Crippen LogP contribution < -0.4 is 4.72 Å². The Morgan fingerprint density at radius 1 is 1.42 bits per heavy atom. The van der Waals surface area contributed by atoms with Crippen molar-refractivity contribution < 1.29 is 18.3 Å². The van der Waals surface area contributed by atoms with Crippen molar-refractivity contribution >= 4 is 27.8 Å². The SMILES string of the molecule is CSCCCNS(=O)(=O)c1c(C)[nH]c(C(=O)O)c1C. The topological polar surface area (TPSA) is 99.3 Å². The molecule has 0 saturated heterocycles. The number of aromatic nitrogens is 1. The van der Waals surface area contributed by atoms with E-state index in [1.54, 1.807) is 18.7 Å². The molecule has 19 heavy (non-hydrogen) atoms. The second-order valence-electron chi connectivity index (χ2n) is 4.13. The number of aromatic amines is 1. The zero-order valence-corrected chi connectivity index (χ0v) is 12.7. The van der Waals surface area contributed by atoms with E-state index in [1.807, 2.05) is 6.26 Å². The molecule has 0 amide bonds. The third kappa shape index (κ3) is 3.74. The van der Waals surface area contributed by atoms with Gasteiger partial charge in [0, 0.05) is 17.8 Å². The number of rotatable bonds is 7. The van der Waals surface area contributed by atoms with Crippen LogP contribution in [0.5, 0.6) is 0 Å². The molecule has 0 atom stereocenters. The van der Waals surface area contributed by atoms with Crippen LogP contribution >= 0.6 is 11.8 Å². The third-order valence-corrected chi connectivity index (χ3v) is 5.10. The summed E-state index contributed by atoms with van der Waals surface area (Å²) in [6.07, 6.45) is 2.68. The highest BCUT2D eigenvalue weighted by atomic mass is 32.2. The van der Waals surface area contributed by atoms with Gasteiger partial charge >= 0.3 is 5.97 Å². The lowest BCUT2D eigenvalue weighted by Crippen LogP contribution is -2.26. The smallest absolute Gasteiger partial charge is 0.352 e. The molecule has 1 aromatic rings. The number of carbonyl (C=O) groups is 1. The van der Waals surface area contributed by atoms with E-state index in [1.165, 1.54) is 6.92 Å². The Bertz CT molecular complexity index is 563. The highest BCUT2D eigenvalue weighted by molar-refractivity contribution is 7.98. The van der Waals surface area contributed by atoms with Gasteiger partial charge in [0.15, 0.2) is 0 Å². The lowest BCUT2D eigenvalue weighted by atomic mass is 10.2. The lowest BCUT2D eigenvalue weighted by molar-refractivity contribution is 0.0690. The minimum Gasteiger partial charge on any atom is -0.477 e. The van der Waals surface area contributed by atoms with Crippen molar-refractivity contribution in [1.29, 1.82) is 0 Å². The average molecular weight is 306 g/mol. The normalized spacial score (nSPS) is 11.7. The average Bonchev–Trinajstić information content (AvgIpc) is 2.61. The van der Waals surface area contributed by atoms with Crippen LogP contribution in [0.2, 0.25) is 0 Å². The van der Waals surface area contributed by atoms with Crippen molar-refractivity contribution in [3.05, 3.63) is 17.0 Å². The second-order valence-corrected chi connectivity index (χ2v) is 6.82. The lowest BCUT2D eigenvalue weighted by Gasteiger charge is -2.07. The Morgan fingerprint density at radius 3 is 2.53 bits per heavy atom. The van der Waals surface area contributed by atoms with Crippen LogP contribution in [0.4, 0.5) is 0 Å². The van der Waals surface area contributed by atoms with E-state index in [0.717, 1.165) is 12.2 Å². The molecule has 0 aromatic carbocycles. The minimum absolute atomic E-state index is 0.0362. The summed E-state index contributed by atoms with van der Waals surface area (Å²) in [6, 6.07) is 0. The first-order chi connectivity index (χ1) is 8.81. The zero-order valence-electron chi connectivity index (χ0n) is 11.1. The van der Waals surface area contributed by atoms with Crippen molar-refractivity contribution in [2.24, 2.45) is 0 Å². The van der Waals surface area contributed by atoms with Gasteiger partial charge in [-0.05, 0) is 32.3 Å². The number of hydrogen-bond acceptors (Lipinski definition) is 4. The first-order valence-corrected chi connectivity index (χ1v) is 8.60. The maximum atomic E-state index is 12.1. The Kier molecular flexibility index (Phi) is 5.45. The van der Waals surface area contributed by atoms with E-state index in [9.17, 15) is 13.2 Å². The van der Waals surface area contributed by atoms with Crippen molar-refractivity contribution in [3.8, 4) is 0 Å². The standard InChI is InChI=1S/C11H18N2O4S2/c1-7-9(11(14)15)13-8(2)10(7)19(16,17)12-5-4-6-18-3/h12-13H,4-6H2,1-3H3,(H,14,15). The molecule has 0 radical (unpaired) electrons. The molecule has 0 aliphatic carbocycles. The summed E-state index contributed by atoms with van der Waals surface area (Å²) in [5, 5.41) is 8.97. The van der Waals surface area contributed by atoms with Gasteiger partial charge in [0.1, 0.15) is 10.6 Å². The summed E-state index contributed by atoms with van der Waals surface area (Å²) in [5.41, 5.74) is 0.497. The summed E-state index contributed by atoms with van der Waals surface area (Å²) in [5.74, 6) is -0.294. The fraction of sp³-hybridized carbons (Fsp3) is 0.545. The van der Waals surface area contributed by atoms with Gasteiger partial charge in [-0.2, -0.15) is 11.8 Å². The Hall–Kier alpha value is -0.990. The molecule has 108 valence electrons. The van der Waals surface area contributed by atoms with Gasteiger partial charge in [0.2, 0.25) is 10.0 Å². The van der Waals surface area contributed by atoms with E-state index >= 15 is 0 Å². The number of H-pyrrole nitrogens is 1. The first-order valence-electron chi connectivity index (χ1n) is 5.72. The predicted molar refractivity (Wildman–Crippen MR) is 75.4 cm³/mol. The van der Waals surface area contributed by atoms with Crippen LogP contribution in [0.15, 0.2) is 4.90 Å². The van der Waals surface area contributed by atoms with Gasteiger partial charge in [-0.15, -0.1) is 0 Å². The molecule has 0 unspecified atom stereocenters. The van der Waals surface area contributed by atoms with Crippen LogP contribution in [0.25, 0.3) is 0 Å². The summed E-state index contributed by atoms with van der Waals surface area (Å²) in [7, 11) is -3.67. The highest BCUT2D eigenvalue weighted by Gasteiger charge is 2.25. The van der Waals surface area contributed by atoms with E-state index < -0.39 is 16.0 Å². The monoisotopic (exact) mass is 306 g/mol. The number of nitrogens with one attached hydrogen (secondary N) is 2. The molecule has 1 rings (SSSR count). The van der Waals surface area contributed by atoms with E-state index in [2.05, 4.69) is 9.71 Å². The largest absolute Gasteiger partial charge is 0.477 e. The van der Waals surface area contributed by atoms with Gasteiger partial charge in [0.05, 0.1) is 0 Å². The molecule has 0 aliphatic rings. The predicted octanol–water partition coefficient (Wildman–Crippen LogP) is 1.36. The molecule has 1 heterocycles. The number of thioether (sulfide) groups is 1. The minimum atomic E-state index is -3.67. The summed E-state index contributed by atoms with van der Waals surface area (Å²) >= 11 is 1.64. The third-order valence-electron chi connectivity index (χ3n) is 2.67. The highest BCUT2D eigenvalue weighted by Crippen LogP contribution is 2.22. The summed E-state index contributed by atoms with van der Waals surface area (Å²) < 4.78 is 26.8. The van der Waals surface area contributed by atoms with Crippen LogP contribution in [-0.2, 0) is 10.0 Å². The Balaban J connectivity index is 2.99. The molecule has 0 aliphatic heterocycles. The van der Waals surface area contributed by atoms with Crippen molar-refractivity contribution in [2.45, 2.75) is 25.2 Å². The molecule has 3 N–H and O–H groups in total.